The topological polar surface area (TPSA) is 123 Å². The van der Waals surface area contributed by atoms with Crippen LogP contribution in [0.5, 0.6) is 11.5 Å². The van der Waals surface area contributed by atoms with Crippen LogP contribution < -0.4 is 4.74 Å². The van der Waals surface area contributed by atoms with Crippen molar-refractivity contribution in [3.8, 4) is 11.5 Å². The quantitative estimate of drug-likeness (QED) is 0.625. The molecule has 1 aromatic heterocycles. The average Bonchev–Trinajstić information content (AvgIpc) is 2.13. The number of hydrogen-bond donors (Lipinski definition) is 2. The van der Waals surface area contributed by atoms with E-state index in [1.54, 1.807) is 0 Å². The largest absolute Gasteiger partial charge is 0.573 e. The summed E-state index contributed by atoms with van der Waals surface area (Å²) in [7, 11) is 0. The number of carboxylic acid groups (broad SMARTS) is 1. The molecule has 0 aliphatic rings. The number of carboxylic acids is 1. The van der Waals surface area contributed by atoms with Crippen LogP contribution in [0.15, 0.2) is 6.20 Å². The zero-order valence-electron chi connectivity index (χ0n) is 8.13. The number of aromatic hydroxyl groups is 1. The molecule has 0 atom stereocenters. The molecule has 1 rings (SSSR count). The molecular weight excluding hydrogens is 265 g/mol. The molecule has 1 heterocycles. The molecule has 0 spiro atoms. The highest BCUT2D eigenvalue weighted by Crippen LogP contribution is 2.36. The fourth-order valence-corrected chi connectivity index (χ4v) is 1.02. The first-order valence-electron chi connectivity index (χ1n) is 3.99. The van der Waals surface area contributed by atoms with Crippen molar-refractivity contribution >= 4 is 11.8 Å². The summed E-state index contributed by atoms with van der Waals surface area (Å²) in [5.41, 5.74) is -1.39. The Morgan fingerprint density at radius 3 is 2.44 bits per heavy atom. The number of alkyl halides is 3. The lowest BCUT2D eigenvalue weighted by Crippen LogP contribution is -2.19. The summed E-state index contributed by atoms with van der Waals surface area (Å²) < 4.78 is 39.0. The monoisotopic (exact) mass is 268 g/mol. The highest BCUT2D eigenvalue weighted by molar-refractivity contribution is 5.95. The lowest BCUT2D eigenvalue weighted by Gasteiger charge is -2.10. The third-order valence-electron chi connectivity index (χ3n) is 1.61. The predicted octanol–water partition coefficient (Wildman–Crippen LogP) is 1.29. The van der Waals surface area contributed by atoms with E-state index in [0.717, 1.165) is 0 Å². The number of aromatic nitrogens is 1. The summed E-state index contributed by atoms with van der Waals surface area (Å²) in [5, 5.41) is 28.1. The molecule has 0 fully saturated rings. The molecule has 0 radical (unpaired) electrons. The number of rotatable bonds is 3. The van der Waals surface area contributed by atoms with Gasteiger partial charge in [-0.1, -0.05) is 0 Å². The van der Waals surface area contributed by atoms with Crippen LogP contribution >= 0.6 is 0 Å². The van der Waals surface area contributed by atoms with E-state index in [-0.39, 0.29) is 6.20 Å². The van der Waals surface area contributed by atoms with E-state index in [1.807, 2.05) is 0 Å². The molecule has 98 valence electrons. The molecule has 0 aromatic carbocycles. The zero-order valence-corrected chi connectivity index (χ0v) is 8.13. The second-order valence-electron chi connectivity index (χ2n) is 2.78. The molecule has 0 saturated carbocycles. The van der Waals surface area contributed by atoms with Gasteiger partial charge in [-0.3, -0.25) is 0 Å². The van der Waals surface area contributed by atoms with Gasteiger partial charge in [0.15, 0.2) is 17.5 Å². The molecule has 0 bridgehead atoms. The molecule has 2 N–H and O–H groups in total. The number of aromatic carboxylic acids is 1. The van der Waals surface area contributed by atoms with Crippen molar-refractivity contribution in [1.29, 1.82) is 0 Å². The summed E-state index contributed by atoms with van der Waals surface area (Å²) in [6.07, 6.45) is -5.04. The Labute approximate surface area is 95.4 Å². The minimum absolute atomic E-state index is 0.189. The number of hydrogen-bond acceptors (Lipinski definition) is 6. The van der Waals surface area contributed by atoms with Gasteiger partial charge in [-0.25, -0.2) is 4.79 Å². The molecule has 0 amide bonds. The summed E-state index contributed by atoms with van der Waals surface area (Å²) >= 11 is 0. The first kappa shape index (κ1) is 13.5. The van der Waals surface area contributed by atoms with Gasteiger partial charge in [-0.2, -0.15) is 0 Å². The Balaban J connectivity index is 3.42. The van der Waals surface area contributed by atoms with Crippen LogP contribution in [0.3, 0.4) is 0 Å². The average molecular weight is 268 g/mol. The molecule has 0 aliphatic heterocycles. The van der Waals surface area contributed by atoms with Gasteiger partial charge < -0.3 is 25.1 Å². The second kappa shape index (κ2) is 4.35. The zero-order chi connectivity index (χ0) is 14.1. The first-order chi connectivity index (χ1) is 8.13. The summed E-state index contributed by atoms with van der Waals surface area (Å²) in [6.45, 7) is 0. The highest BCUT2D eigenvalue weighted by atomic mass is 19.4. The number of pyridine rings is 1. The van der Waals surface area contributed by atoms with Gasteiger partial charge in [0.2, 0.25) is 5.75 Å². The molecular formula is C7H3F3N2O6. The van der Waals surface area contributed by atoms with Gasteiger partial charge in [0.25, 0.3) is 0 Å². The Kier molecular flexibility index (Phi) is 3.26. The first-order valence-corrected chi connectivity index (χ1v) is 3.99. The molecule has 1 aromatic rings. The third kappa shape index (κ3) is 2.75. The smallest absolute Gasteiger partial charge is 0.500 e. The van der Waals surface area contributed by atoms with Gasteiger partial charge in [0.1, 0.15) is 0 Å². The molecule has 18 heavy (non-hydrogen) atoms. The second-order valence-corrected chi connectivity index (χ2v) is 2.78. The number of halogens is 3. The van der Waals surface area contributed by atoms with Gasteiger partial charge in [-0.05, 0) is 9.91 Å². The van der Waals surface area contributed by atoms with E-state index in [0.29, 0.717) is 0 Å². The van der Waals surface area contributed by atoms with Crippen LogP contribution in [-0.4, -0.2) is 32.5 Å². The molecule has 0 saturated heterocycles. The van der Waals surface area contributed by atoms with E-state index in [1.165, 1.54) is 0 Å². The van der Waals surface area contributed by atoms with Gasteiger partial charge >= 0.3 is 18.1 Å². The van der Waals surface area contributed by atoms with Crippen LogP contribution in [0.4, 0.5) is 19.0 Å². The number of ether oxygens (including phenoxy) is 1. The standard InChI is InChI=1S/C7H3F3N2O6/c8-7(9,10)18-2-1-11-5(12(16)17)4(13)3(2)6(14)15/h1,13H,(H,14,15). The lowest BCUT2D eigenvalue weighted by molar-refractivity contribution is -0.390. The fraction of sp³-hybridized carbons (Fsp3) is 0.143. The van der Waals surface area contributed by atoms with Crippen molar-refractivity contribution in [1.82, 2.24) is 4.98 Å². The Bertz CT molecular complexity index is 515. The number of carbonyl (C=O) groups is 1. The molecule has 0 aliphatic carbocycles. The van der Waals surface area contributed by atoms with Crippen molar-refractivity contribution in [2.75, 3.05) is 0 Å². The van der Waals surface area contributed by atoms with E-state index in [4.69, 9.17) is 5.11 Å². The maximum atomic E-state index is 11.9. The number of nitro groups is 1. The summed E-state index contributed by atoms with van der Waals surface area (Å²) in [5.74, 6) is -6.19. The van der Waals surface area contributed by atoms with Crippen LogP contribution in [0.25, 0.3) is 0 Å². The third-order valence-corrected chi connectivity index (χ3v) is 1.61. The molecule has 0 unspecified atom stereocenters. The van der Waals surface area contributed by atoms with Crippen molar-refractivity contribution in [3.05, 3.63) is 21.9 Å². The van der Waals surface area contributed by atoms with Crippen LogP contribution in [-0.2, 0) is 0 Å². The fourth-order valence-electron chi connectivity index (χ4n) is 1.02. The van der Waals surface area contributed by atoms with Crippen molar-refractivity contribution < 1.29 is 37.8 Å². The normalized spacial score (nSPS) is 11.1. The lowest BCUT2D eigenvalue weighted by atomic mass is 10.2. The van der Waals surface area contributed by atoms with E-state index in [2.05, 4.69) is 9.72 Å². The van der Waals surface area contributed by atoms with Crippen LogP contribution in [0.2, 0.25) is 0 Å². The van der Waals surface area contributed by atoms with Crippen molar-refractivity contribution in [2.45, 2.75) is 6.36 Å². The Morgan fingerprint density at radius 1 is 1.50 bits per heavy atom. The van der Waals surface area contributed by atoms with Crippen molar-refractivity contribution in [2.24, 2.45) is 0 Å². The van der Waals surface area contributed by atoms with Crippen LogP contribution in [0, 0.1) is 10.1 Å². The predicted molar refractivity (Wildman–Crippen MR) is 46.2 cm³/mol. The maximum Gasteiger partial charge on any atom is 0.573 e. The van der Waals surface area contributed by atoms with Crippen LogP contribution in [0.1, 0.15) is 10.4 Å². The summed E-state index contributed by atoms with van der Waals surface area (Å²) in [4.78, 5) is 22.6. The summed E-state index contributed by atoms with van der Waals surface area (Å²) in [6, 6.07) is 0. The number of nitrogens with zero attached hydrogens (tertiary/aromatic N) is 2. The maximum absolute atomic E-state index is 11.9. The molecule has 11 heteroatoms. The Hall–Kier alpha value is -2.59. The minimum atomic E-state index is -5.23. The van der Waals surface area contributed by atoms with Gasteiger partial charge in [-0.15, -0.1) is 13.2 Å². The molecule has 8 nitrogen and oxygen atoms in total. The van der Waals surface area contributed by atoms with Crippen molar-refractivity contribution in [3.63, 3.8) is 0 Å². The highest BCUT2D eigenvalue weighted by Gasteiger charge is 2.37. The van der Waals surface area contributed by atoms with E-state index < -0.39 is 40.1 Å². The SMILES string of the molecule is O=C(O)c1c(OC(F)(F)F)cnc([N+](=O)[O-])c1O. The van der Waals surface area contributed by atoms with Gasteiger partial charge in [0, 0.05) is 0 Å². The minimum Gasteiger partial charge on any atom is -0.500 e. The van der Waals surface area contributed by atoms with E-state index >= 15 is 0 Å². The Morgan fingerprint density at radius 2 is 2.06 bits per heavy atom. The van der Waals surface area contributed by atoms with Gasteiger partial charge in [0.05, 0.1) is 0 Å². The van der Waals surface area contributed by atoms with E-state index in [9.17, 15) is 33.2 Å².